The van der Waals surface area contributed by atoms with Crippen molar-refractivity contribution in [2.75, 3.05) is 90.6 Å². The average molecular weight is 1360 g/mol. The van der Waals surface area contributed by atoms with E-state index in [4.69, 9.17) is 60.8 Å². The first-order chi connectivity index (χ1) is 48.1. The third-order valence-electron chi connectivity index (χ3n) is 16.5. The van der Waals surface area contributed by atoms with E-state index in [-0.39, 0.29) is 87.8 Å². The van der Waals surface area contributed by atoms with Crippen LogP contribution in [0.25, 0.3) is 54.5 Å². The van der Waals surface area contributed by atoms with Crippen LogP contribution in [-0.4, -0.2) is 165 Å². The molecule has 29 heteroatoms. The maximum Gasteiger partial charge on any atom is 0.279 e. The lowest BCUT2D eigenvalue weighted by Gasteiger charge is -2.24. The third-order valence-corrected chi connectivity index (χ3v) is 16.5. The van der Waals surface area contributed by atoms with E-state index in [9.17, 15) is 19.2 Å². The highest BCUT2D eigenvalue weighted by molar-refractivity contribution is 6.16. The molecule has 6 amide bonds. The van der Waals surface area contributed by atoms with E-state index >= 15 is 9.59 Å². The van der Waals surface area contributed by atoms with Gasteiger partial charge in [-0.05, 0) is 121 Å². The Kier molecular flexibility index (Phi) is 25.1. The third kappa shape index (κ3) is 17.9. The van der Waals surface area contributed by atoms with Crippen LogP contribution < -0.4 is 54.0 Å². The minimum Gasteiger partial charge on any atom is -0.355 e. The number of aromatic amines is 1. The van der Waals surface area contributed by atoms with Crippen molar-refractivity contribution in [3.8, 4) is 0 Å². The minimum atomic E-state index is -0.829. The standard InChI is InChI=1S/C70H85N15O14/c1-92-65(37-61(86)75-23-19-71)96-41-80-27-15-45-32-51(6-11-57(45)80)84(52-7-12-58-46(33-52)16-28-81(58)42-97-66(93-2)38-62(87)76-24-20-72)69(90)49-5-10-55-50(31-49)36-56(79-55)70(91)85(53-8-13-59-47(34-53)17-29-82(59)43-98-67(94-3)39-63(88)77-25-21-73)54-9-14-60-48(35-54)18-30-83(60)44-99-68(95-4)40-64(89)78-26-22-74/h5-18,27-36,65-68,79H,19-26,37-44,71-74H2,1-4H3,(H,75,86)(H,76,87)(H,77,88)(H,78,89). The number of nitrogens with two attached hydrogens (primary N) is 4. The summed E-state index contributed by atoms with van der Waals surface area (Å²) in [6.07, 6.45) is 3.96. The number of amides is 6. The number of benzene rings is 5. The van der Waals surface area contributed by atoms with Gasteiger partial charge in [0.1, 0.15) is 32.6 Å². The van der Waals surface area contributed by atoms with Crippen LogP contribution in [0.3, 0.4) is 0 Å². The molecule has 5 heterocycles. The largest absolute Gasteiger partial charge is 0.355 e. The number of H-pyrrole nitrogens is 1. The van der Waals surface area contributed by atoms with Crippen molar-refractivity contribution in [1.82, 2.24) is 44.5 Å². The van der Waals surface area contributed by atoms with Crippen molar-refractivity contribution in [2.24, 2.45) is 22.9 Å². The van der Waals surface area contributed by atoms with E-state index in [0.717, 1.165) is 43.6 Å². The number of anilines is 4. The van der Waals surface area contributed by atoms with Crippen molar-refractivity contribution >= 4 is 113 Å². The number of carbonyl (C=O) groups excluding carboxylic acids is 6. The van der Waals surface area contributed by atoms with Crippen molar-refractivity contribution in [2.45, 2.75) is 77.8 Å². The Hall–Kier alpha value is -9.86. The van der Waals surface area contributed by atoms with Crippen molar-refractivity contribution in [1.29, 1.82) is 0 Å². The summed E-state index contributed by atoms with van der Waals surface area (Å²) in [7, 11) is 5.87. The van der Waals surface area contributed by atoms with Crippen LogP contribution in [-0.2, 0) is 84.0 Å². The molecular formula is C70H85N15O14. The molecule has 4 atom stereocenters. The van der Waals surface area contributed by atoms with Gasteiger partial charge in [-0.2, -0.15) is 0 Å². The highest BCUT2D eigenvalue weighted by Crippen LogP contribution is 2.37. The van der Waals surface area contributed by atoms with Crippen LogP contribution in [0.4, 0.5) is 22.7 Å². The van der Waals surface area contributed by atoms with Crippen molar-refractivity contribution < 1.29 is 66.7 Å². The fraction of sp³-hybridized carbons (Fsp3) is 0.343. The van der Waals surface area contributed by atoms with Gasteiger partial charge < -0.3 is 105 Å². The molecular weight excluding hydrogens is 1270 g/mol. The molecule has 0 radical (unpaired) electrons. The normalized spacial score (nSPS) is 12.9. The number of nitrogens with zero attached hydrogens (tertiary/aromatic N) is 6. The van der Waals surface area contributed by atoms with Gasteiger partial charge in [0, 0.05) is 155 Å². The van der Waals surface area contributed by atoms with Gasteiger partial charge in [0.15, 0.2) is 25.2 Å². The highest BCUT2D eigenvalue weighted by Gasteiger charge is 2.27. The lowest BCUT2D eigenvalue weighted by molar-refractivity contribution is -0.159. The number of methoxy groups -OCH3 is 4. The number of nitrogens with one attached hydrogen (secondary N) is 5. The van der Waals surface area contributed by atoms with E-state index in [1.807, 2.05) is 140 Å². The van der Waals surface area contributed by atoms with Crippen molar-refractivity contribution in [3.05, 3.63) is 157 Å². The first-order valence-corrected chi connectivity index (χ1v) is 32.3. The number of ether oxygens (including phenoxy) is 8. The van der Waals surface area contributed by atoms with Gasteiger partial charge in [-0.25, -0.2) is 0 Å². The molecule has 13 N–H and O–H groups in total. The quantitative estimate of drug-likeness (QED) is 0.0213. The maximum absolute atomic E-state index is 15.6. The van der Waals surface area contributed by atoms with E-state index < -0.39 is 31.1 Å². The molecule has 0 aliphatic carbocycles. The molecule has 0 spiro atoms. The van der Waals surface area contributed by atoms with Crippen LogP contribution in [0.5, 0.6) is 0 Å². The first-order valence-electron chi connectivity index (χ1n) is 32.3. The lowest BCUT2D eigenvalue weighted by atomic mass is 10.1. The number of carbonyl (C=O) groups is 6. The SMILES string of the molecule is COC(CC(=O)NCCN)OCn1ccc2cc(N(C(=O)c3ccc4[nH]c(C(=O)N(c5ccc6c(ccn6COC(CC(=O)NCCN)OC)c5)c5ccc6c(ccn6COC(CC(=O)NCCN)OC)c5)cc4c3)c3ccc4c(ccn4COC(CC(=O)NCCN)OC)c3)ccc21. The summed E-state index contributed by atoms with van der Waals surface area (Å²) in [5.41, 5.74) is 28.7. The summed E-state index contributed by atoms with van der Waals surface area (Å²) >= 11 is 0. The second kappa shape index (κ2) is 34.6. The molecule has 5 aromatic heterocycles. The van der Waals surface area contributed by atoms with Gasteiger partial charge in [-0.15, -0.1) is 0 Å². The molecule has 5 aromatic carbocycles. The van der Waals surface area contributed by atoms with Crippen LogP contribution in [0.1, 0.15) is 46.5 Å². The van der Waals surface area contributed by atoms with E-state index in [0.29, 0.717) is 91.6 Å². The monoisotopic (exact) mass is 1360 g/mol. The van der Waals surface area contributed by atoms with Gasteiger partial charge in [0.25, 0.3) is 11.8 Å². The molecule has 0 aliphatic heterocycles. The number of hydrogen-bond acceptors (Lipinski definition) is 18. The molecule has 524 valence electrons. The molecule has 0 bridgehead atoms. The Labute approximate surface area is 570 Å². The first kappa shape index (κ1) is 71.9. The van der Waals surface area contributed by atoms with Gasteiger partial charge in [-0.3, -0.25) is 38.6 Å². The zero-order valence-corrected chi connectivity index (χ0v) is 55.7. The number of fused-ring (bicyclic) bond motifs is 5. The highest BCUT2D eigenvalue weighted by atomic mass is 16.7. The fourth-order valence-electron chi connectivity index (χ4n) is 11.4. The zero-order chi connectivity index (χ0) is 70.0. The molecule has 29 nitrogen and oxygen atoms in total. The van der Waals surface area contributed by atoms with E-state index in [1.165, 1.54) is 28.4 Å². The molecule has 0 fully saturated rings. The lowest BCUT2D eigenvalue weighted by Crippen LogP contribution is -2.33. The van der Waals surface area contributed by atoms with Crippen molar-refractivity contribution in [3.63, 3.8) is 0 Å². The molecule has 10 rings (SSSR count). The fourth-order valence-corrected chi connectivity index (χ4v) is 11.4. The zero-order valence-electron chi connectivity index (χ0n) is 55.7. The smallest absolute Gasteiger partial charge is 0.279 e. The summed E-state index contributed by atoms with van der Waals surface area (Å²) in [5.74, 6) is -1.83. The Bertz CT molecular complexity index is 3960. The average Bonchev–Trinajstić information content (AvgIpc) is 1.69. The summed E-state index contributed by atoms with van der Waals surface area (Å²) in [6, 6.07) is 37.1. The minimum absolute atomic E-state index is 0.0308. The van der Waals surface area contributed by atoms with Crippen LogP contribution >= 0.6 is 0 Å². The van der Waals surface area contributed by atoms with Crippen LogP contribution in [0.15, 0.2) is 146 Å². The Balaban J connectivity index is 0.968. The topological polar surface area (TPSA) is 370 Å². The second-order valence-corrected chi connectivity index (χ2v) is 23.1. The molecule has 4 unspecified atom stereocenters. The number of hydrogen-bond donors (Lipinski definition) is 9. The molecule has 0 aliphatic rings. The molecule has 0 saturated carbocycles. The van der Waals surface area contributed by atoms with E-state index in [2.05, 4.69) is 26.3 Å². The second-order valence-electron chi connectivity index (χ2n) is 23.1. The number of rotatable bonds is 38. The molecule has 0 saturated heterocycles. The summed E-state index contributed by atoms with van der Waals surface area (Å²) < 4.78 is 53.5. The molecule has 99 heavy (non-hydrogen) atoms. The van der Waals surface area contributed by atoms with Crippen LogP contribution in [0, 0.1) is 0 Å². The van der Waals surface area contributed by atoms with Gasteiger partial charge in [-0.1, -0.05) is 0 Å². The van der Waals surface area contributed by atoms with E-state index in [1.54, 1.807) is 34.1 Å². The summed E-state index contributed by atoms with van der Waals surface area (Å²) in [6.45, 7) is 2.73. The number of aromatic nitrogens is 5. The predicted molar refractivity (Wildman–Crippen MR) is 373 cm³/mol. The van der Waals surface area contributed by atoms with Gasteiger partial charge >= 0.3 is 0 Å². The Morgan fingerprint density at radius 1 is 0.384 bits per heavy atom. The Morgan fingerprint density at radius 2 is 0.687 bits per heavy atom. The summed E-state index contributed by atoms with van der Waals surface area (Å²) in [5, 5.41) is 14.7. The predicted octanol–water partition coefficient (Wildman–Crippen LogP) is 5.59. The maximum atomic E-state index is 15.6. The van der Waals surface area contributed by atoms with Gasteiger partial charge in [0.05, 0.1) is 59.1 Å². The summed E-state index contributed by atoms with van der Waals surface area (Å²) in [4.78, 5) is 87.7. The Morgan fingerprint density at radius 3 is 0.980 bits per heavy atom. The van der Waals surface area contributed by atoms with Crippen LogP contribution in [0.2, 0.25) is 0 Å². The molecule has 10 aromatic rings. The van der Waals surface area contributed by atoms with Gasteiger partial charge in [0.2, 0.25) is 23.6 Å².